The van der Waals surface area contributed by atoms with E-state index in [9.17, 15) is 13.2 Å². The highest BCUT2D eigenvalue weighted by molar-refractivity contribution is 14.1. The summed E-state index contributed by atoms with van der Waals surface area (Å²) in [6, 6.07) is 7.87. The number of fused-ring (bicyclic) bond motifs is 1. The van der Waals surface area contributed by atoms with Crippen LogP contribution in [-0.4, -0.2) is 20.7 Å². The number of hydrogen-bond acceptors (Lipinski definition) is 3. The Kier molecular flexibility index (Phi) is 5.89. The molecule has 0 fully saturated rings. The van der Waals surface area contributed by atoms with Crippen molar-refractivity contribution < 1.29 is 13.2 Å². The van der Waals surface area contributed by atoms with Crippen LogP contribution in [0.5, 0.6) is 0 Å². The van der Waals surface area contributed by atoms with Gasteiger partial charge in [-0.1, -0.05) is 11.6 Å². The van der Waals surface area contributed by atoms with E-state index in [-0.39, 0.29) is 10.9 Å². The summed E-state index contributed by atoms with van der Waals surface area (Å²) in [7, 11) is -3.60. The molecule has 1 N–H and O–H groups in total. The maximum absolute atomic E-state index is 12.5. The highest BCUT2D eigenvalue weighted by atomic mass is 127. The minimum Gasteiger partial charge on any atom is -0.298 e. The van der Waals surface area contributed by atoms with E-state index in [2.05, 4.69) is 43.2 Å². The number of nitrogens with one attached hydrogen (secondary N) is 1. The Bertz CT molecular complexity index is 932. The van der Waals surface area contributed by atoms with Crippen LogP contribution in [0.15, 0.2) is 39.7 Å². The van der Waals surface area contributed by atoms with Gasteiger partial charge in [0.15, 0.2) is 6.29 Å². The number of aldehydes is 1. The van der Waals surface area contributed by atoms with E-state index >= 15 is 0 Å². The van der Waals surface area contributed by atoms with E-state index < -0.39 is 10.0 Å². The summed E-state index contributed by atoms with van der Waals surface area (Å²) in [5.41, 5.74) is 2.72. The molecule has 2 aromatic rings. The van der Waals surface area contributed by atoms with Gasteiger partial charge in [-0.05, 0) is 99.2 Å². The zero-order chi connectivity index (χ0) is 18.2. The molecular weight excluding hydrogens is 541 g/mol. The molecule has 0 spiro atoms. The zero-order valence-electron chi connectivity index (χ0n) is 12.9. The largest absolute Gasteiger partial charge is 0.298 e. The Morgan fingerprint density at radius 2 is 1.96 bits per heavy atom. The molecule has 0 aromatic heterocycles. The van der Waals surface area contributed by atoms with Gasteiger partial charge in [-0.3, -0.25) is 4.79 Å². The van der Waals surface area contributed by atoms with Crippen molar-refractivity contribution in [2.24, 2.45) is 0 Å². The molecule has 25 heavy (non-hydrogen) atoms. The number of carbonyl (C=O) groups excluding carboxylic acids is 1. The second-order valence-electron chi connectivity index (χ2n) is 5.86. The molecule has 1 aliphatic carbocycles. The first kappa shape index (κ1) is 19.3. The predicted octanol–water partition coefficient (Wildman–Crippen LogP) is 4.36. The van der Waals surface area contributed by atoms with Gasteiger partial charge >= 0.3 is 0 Å². The monoisotopic (exact) mass is 553 g/mol. The first-order valence-corrected chi connectivity index (χ1v) is 11.3. The quantitative estimate of drug-likeness (QED) is 0.452. The molecule has 1 aliphatic rings. The third kappa shape index (κ3) is 4.10. The molecule has 132 valence electrons. The van der Waals surface area contributed by atoms with Gasteiger partial charge in [0.1, 0.15) is 0 Å². The van der Waals surface area contributed by atoms with E-state index in [1.807, 2.05) is 6.07 Å². The smallest absolute Gasteiger partial charge is 0.240 e. The van der Waals surface area contributed by atoms with Crippen LogP contribution < -0.4 is 4.72 Å². The molecular formula is C17H14BrClINO3S. The van der Waals surface area contributed by atoms with Gasteiger partial charge < -0.3 is 0 Å². The van der Waals surface area contributed by atoms with E-state index in [1.165, 1.54) is 12.1 Å². The number of rotatable bonds is 4. The minimum absolute atomic E-state index is 0.195. The first-order valence-electron chi connectivity index (χ1n) is 7.54. The standard InChI is InChI=1S/C17H14BrClINO3S/c18-16-8-10-7-12(3-6-14(10)15(9-22)17(16)20)21-25(23,24)13-4-1-11(19)2-5-13/h1-2,4-5,8-9,12,21H,3,6-7H2. The van der Waals surface area contributed by atoms with Crippen molar-refractivity contribution in [3.63, 3.8) is 0 Å². The number of benzene rings is 2. The van der Waals surface area contributed by atoms with Crippen LogP contribution in [0.2, 0.25) is 5.02 Å². The normalized spacial score (nSPS) is 17.2. The maximum atomic E-state index is 12.5. The molecule has 0 amide bonds. The number of hydrogen-bond donors (Lipinski definition) is 1. The van der Waals surface area contributed by atoms with Crippen LogP contribution in [0.1, 0.15) is 27.9 Å². The molecule has 4 nitrogen and oxygen atoms in total. The van der Waals surface area contributed by atoms with Gasteiger partial charge in [0.2, 0.25) is 10.0 Å². The van der Waals surface area contributed by atoms with Gasteiger partial charge in [-0.2, -0.15) is 0 Å². The summed E-state index contributed by atoms with van der Waals surface area (Å²) >= 11 is 11.4. The Morgan fingerprint density at radius 3 is 2.60 bits per heavy atom. The lowest BCUT2D eigenvalue weighted by molar-refractivity contribution is 0.112. The number of halogens is 3. The fraction of sp³-hybridized carbons (Fsp3) is 0.235. The average molecular weight is 555 g/mol. The van der Waals surface area contributed by atoms with Crippen LogP contribution in [0.4, 0.5) is 0 Å². The summed E-state index contributed by atoms with van der Waals surface area (Å²) in [4.78, 5) is 11.6. The predicted molar refractivity (Wildman–Crippen MR) is 110 cm³/mol. The van der Waals surface area contributed by atoms with E-state index in [0.29, 0.717) is 29.8 Å². The second kappa shape index (κ2) is 7.64. The van der Waals surface area contributed by atoms with Gasteiger partial charge in [0, 0.05) is 24.7 Å². The lowest BCUT2D eigenvalue weighted by Crippen LogP contribution is -2.39. The van der Waals surface area contributed by atoms with Crippen LogP contribution >= 0.6 is 50.1 Å². The summed E-state index contributed by atoms with van der Waals surface area (Å²) in [6.45, 7) is 0. The fourth-order valence-corrected chi connectivity index (χ4v) is 5.52. The lowest BCUT2D eigenvalue weighted by Gasteiger charge is -2.27. The number of sulfonamides is 1. The molecule has 0 heterocycles. The topological polar surface area (TPSA) is 63.2 Å². The molecule has 0 aliphatic heterocycles. The zero-order valence-corrected chi connectivity index (χ0v) is 18.2. The minimum atomic E-state index is -3.60. The SMILES string of the molecule is O=Cc1c(I)c(Br)cc2c1CCC(NS(=O)(=O)c1ccc(Cl)cc1)C2. The van der Waals surface area contributed by atoms with E-state index in [1.54, 1.807) is 12.1 Å². The Balaban J connectivity index is 1.85. The van der Waals surface area contributed by atoms with Gasteiger partial charge in [-0.25, -0.2) is 13.1 Å². The molecule has 0 bridgehead atoms. The van der Waals surface area contributed by atoms with Crippen LogP contribution in [-0.2, 0) is 22.9 Å². The average Bonchev–Trinajstić information content (AvgIpc) is 2.56. The van der Waals surface area contributed by atoms with Crippen LogP contribution in [0.25, 0.3) is 0 Å². The summed E-state index contributed by atoms with van der Waals surface area (Å²) in [5, 5.41) is 0.492. The third-order valence-electron chi connectivity index (χ3n) is 4.23. The highest BCUT2D eigenvalue weighted by Crippen LogP contribution is 2.33. The van der Waals surface area contributed by atoms with Crippen LogP contribution in [0.3, 0.4) is 0 Å². The molecule has 3 rings (SSSR count). The number of carbonyl (C=O) groups is 1. The Morgan fingerprint density at radius 1 is 1.28 bits per heavy atom. The summed E-state index contributed by atoms with van der Waals surface area (Å²) in [5.74, 6) is 0. The van der Waals surface area contributed by atoms with Crippen molar-refractivity contribution >= 4 is 66.4 Å². The van der Waals surface area contributed by atoms with E-state index in [0.717, 1.165) is 25.5 Å². The maximum Gasteiger partial charge on any atom is 0.240 e. The Hall–Kier alpha value is -0.480. The van der Waals surface area contributed by atoms with Crippen molar-refractivity contribution in [1.82, 2.24) is 4.72 Å². The van der Waals surface area contributed by atoms with Gasteiger partial charge in [0.05, 0.1) is 4.90 Å². The van der Waals surface area contributed by atoms with Gasteiger partial charge in [-0.15, -0.1) is 0 Å². The van der Waals surface area contributed by atoms with Gasteiger partial charge in [0.25, 0.3) is 0 Å². The highest BCUT2D eigenvalue weighted by Gasteiger charge is 2.27. The molecule has 0 radical (unpaired) electrons. The molecule has 2 aromatic carbocycles. The molecule has 0 saturated heterocycles. The summed E-state index contributed by atoms with van der Waals surface area (Å²) < 4.78 is 29.6. The lowest BCUT2D eigenvalue weighted by atomic mass is 9.86. The molecule has 1 atom stereocenters. The molecule has 8 heteroatoms. The molecule has 1 unspecified atom stereocenters. The van der Waals surface area contributed by atoms with Crippen molar-refractivity contribution in [2.75, 3.05) is 0 Å². The Labute approximate surface area is 173 Å². The third-order valence-corrected chi connectivity index (χ3v) is 8.55. The van der Waals surface area contributed by atoms with Crippen molar-refractivity contribution in [3.8, 4) is 0 Å². The van der Waals surface area contributed by atoms with Crippen molar-refractivity contribution in [1.29, 1.82) is 0 Å². The first-order chi connectivity index (χ1) is 11.8. The van der Waals surface area contributed by atoms with Crippen molar-refractivity contribution in [3.05, 3.63) is 60.1 Å². The summed E-state index contributed by atoms with van der Waals surface area (Å²) in [6.07, 6.45) is 2.75. The van der Waals surface area contributed by atoms with Crippen LogP contribution in [0, 0.1) is 3.57 Å². The van der Waals surface area contributed by atoms with Crippen molar-refractivity contribution in [2.45, 2.75) is 30.2 Å². The molecule has 0 saturated carbocycles. The second-order valence-corrected chi connectivity index (χ2v) is 9.94. The van der Waals surface area contributed by atoms with E-state index in [4.69, 9.17) is 11.6 Å². The fourth-order valence-electron chi connectivity index (χ4n) is 3.03.